The van der Waals surface area contributed by atoms with Crippen molar-refractivity contribution in [1.82, 2.24) is 30.0 Å². The third-order valence-corrected chi connectivity index (χ3v) is 5.63. The molecule has 3 heterocycles. The van der Waals surface area contributed by atoms with Crippen LogP contribution in [0.25, 0.3) is 11.6 Å². The summed E-state index contributed by atoms with van der Waals surface area (Å²) in [5, 5.41) is 12.2. The molecule has 0 bridgehead atoms. The number of nitrogens with zero attached hydrogens (tertiary/aromatic N) is 7. The standard InChI is InChI=1S/C21H27N7O2/c1-4-26(5-2)17-8-6-16(7-9-17)21(29)27-12-10-18(11-13-27)28-14-19(23-25-28)20-22-15(3)24-30-20/h6-9,14,18H,4-5,10-13H2,1-3H3. The molecular formula is C21H27N7O2. The molecule has 0 N–H and O–H groups in total. The first kappa shape index (κ1) is 20.1. The molecule has 2 aromatic heterocycles. The van der Waals surface area contributed by atoms with Crippen LogP contribution in [0.1, 0.15) is 48.9 Å². The molecule has 0 aliphatic carbocycles. The van der Waals surface area contributed by atoms with Crippen molar-refractivity contribution in [2.24, 2.45) is 0 Å². The molecule has 1 aliphatic heterocycles. The lowest BCUT2D eigenvalue weighted by Crippen LogP contribution is -2.39. The maximum absolute atomic E-state index is 12.9. The van der Waals surface area contributed by atoms with Crippen LogP contribution in [0.2, 0.25) is 0 Å². The first-order chi connectivity index (χ1) is 14.6. The zero-order valence-electron chi connectivity index (χ0n) is 17.7. The summed E-state index contributed by atoms with van der Waals surface area (Å²) in [6.45, 7) is 9.32. The Morgan fingerprint density at radius 2 is 1.87 bits per heavy atom. The molecule has 158 valence electrons. The lowest BCUT2D eigenvalue weighted by atomic mass is 10.0. The van der Waals surface area contributed by atoms with Gasteiger partial charge in [-0.2, -0.15) is 4.98 Å². The van der Waals surface area contributed by atoms with Gasteiger partial charge in [0.1, 0.15) is 0 Å². The topological polar surface area (TPSA) is 93.2 Å². The van der Waals surface area contributed by atoms with Crippen LogP contribution in [-0.2, 0) is 0 Å². The van der Waals surface area contributed by atoms with E-state index in [1.165, 1.54) is 0 Å². The second kappa shape index (κ2) is 8.64. The predicted octanol–water partition coefficient (Wildman–Crippen LogP) is 2.96. The number of aryl methyl sites for hydroxylation is 1. The van der Waals surface area contributed by atoms with Crippen LogP contribution in [0, 0.1) is 6.92 Å². The van der Waals surface area contributed by atoms with Gasteiger partial charge in [-0.1, -0.05) is 10.4 Å². The van der Waals surface area contributed by atoms with Crippen molar-refractivity contribution in [3.05, 3.63) is 41.9 Å². The normalized spacial score (nSPS) is 14.8. The molecule has 1 fully saturated rings. The average Bonchev–Trinajstić information content (AvgIpc) is 3.44. The van der Waals surface area contributed by atoms with E-state index in [9.17, 15) is 4.79 Å². The van der Waals surface area contributed by atoms with E-state index >= 15 is 0 Å². The van der Waals surface area contributed by atoms with E-state index in [0.717, 1.165) is 37.2 Å². The minimum atomic E-state index is 0.0835. The Kier molecular flexibility index (Phi) is 5.78. The second-order valence-corrected chi connectivity index (χ2v) is 7.47. The number of carbonyl (C=O) groups excluding carboxylic acids is 1. The first-order valence-electron chi connectivity index (χ1n) is 10.5. The number of anilines is 1. The van der Waals surface area contributed by atoms with E-state index in [1.807, 2.05) is 40.0 Å². The van der Waals surface area contributed by atoms with E-state index in [4.69, 9.17) is 4.52 Å². The lowest BCUT2D eigenvalue weighted by molar-refractivity contribution is 0.0689. The smallest absolute Gasteiger partial charge is 0.280 e. The van der Waals surface area contributed by atoms with Crippen LogP contribution in [0.15, 0.2) is 35.0 Å². The molecule has 0 unspecified atom stereocenters. The van der Waals surface area contributed by atoms with Crippen molar-refractivity contribution in [1.29, 1.82) is 0 Å². The van der Waals surface area contributed by atoms with Gasteiger partial charge in [-0.05, 0) is 57.9 Å². The van der Waals surface area contributed by atoms with Crippen molar-refractivity contribution in [3.63, 3.8) is 0 Å². The Bertz CT molecular complexity index is 983. The van der Waals surface area contributed by atoms with Crippen LogP contribution in [0.3, 0.4) is 0 Å². The fourth-order valence-corrected chi connectivity index (χ4v) is 3.87. The minimum absolute atomic E-state index is 0.0835. The lowest BCUT2D eigenvalue weighted by Gasteiger charge is -2.32. The fraction of sp³-hybridized carbons (Fsp3) is 0.476. The van der Waals surface area contributed by atoms with E-state index < -0.39 is 0 Å². The van der Waals surface area contributed by atoms with Crippen molar-refractivity contribution in [3.8, 4) is 11.6 Å². The summed E-state index contributed by atoms with van der Waals surface area (Å²) in [4.78, 5) is 21.3. The van der Waals surface area contributed by atoms with Crippen LogP contribution in [0.5, 0.6) is 0 Å². The molecule has 1 saturated heterocycles. The number of aromatic nitrogens is 5. The molecule has 1 amide bonds. The maximum atomic E-state index is 12.9. The van der Waals surface area contributed by atoms with Crippen molar-refractivity contribution < 1.29 is 9.32 Å². The monoisotopic (exact) mass is 409 g/mol. The van der Waals surface area contributed by atoms with Crippen LogP contribution in [-0.4, -0.2) is 62.1 Å². The maximum Gasteiger partial charge on any atom is 0.280 e. The highest BCUT2D eigenvalue weighted by Gasteiger charge is 2.26. The molecule has 9 heteroatoms. The highest BCUT2D eigenvalue weighted by Crippen LogP contribution is 2.25. The molecule has 0 saturated carbocycles. The second-order valence-electron chi connectivity index (χ2n) is 7.47. The van der Waals surface area contributed by atoms with Gasteiger partial charge in [0.05, 0.1) is 12.2 Å². The van der Waals surface area contributed by atoms with Gasteiger partial charge in [-0.15, -0.1) is 5.10 Å². The van der Waals surface area contributed by atoms with Gasteiger partial charge in [0.25, 0.3) is 11.8 Å². The molecule has 1 aliphatic rings. The van der Waals surface area contributed by atoms with Crippen molar-refractivity contribution >= 4 is 11.6 Å². The number of piperidine rings is 1. The third-order valence-electron chi connectivity index (χ3n) is 5.63. The number of hydrogen-bond acceptors (Lipinski definition) is 7. The van der Waals surface area contributed by atoms with Crippen LogP contribution < -0.4 is 4.90 Å². The number of carbonyl (C=O) groups is 1. The zero-order chi connectivity index (χ0) is 21.1. The minimum Gasteiger partial charge on any atom is -0.372 e. The summed E-state index contributed by atoms with van der Waals surface area (Å²) in [5.74, 6) is 1.02. The van der Waals surface area contributed by atoms with Crippen LogP contribution in [0.4, 0.5) is 5.69 Å². The molecule has 0 radical (unpaired) electrons. The van der Waals surface area contributed by atoms with Gasteiger partial charge in [0.2, 0.25) is 0 Å². The summed E-state index contributed by atoms with van der Waals surface area (Å²) in [5.41, 5.74) is 2.45. The number of benzene rings is 1. The predicted molar refractivity (Wildman–Crippen MR) is 112 cm³/mol. The molecule has 9 nitrogen and oxygen atoms in total. The van der Waals surface area contributed by atoms with E-state index in [0.29, 0.717) is 30.5 Å². The fourth-order valence-electron chi connectivity index (χ4n) is 3.87. The Morgan fingerprint density at radius 3 is 2.47 bits per heavy atom. The summed E-state index contributed by atoms with van der Waals surface area (Å²) in [6, 6.07) is 8.12. The summed E-state index contributed by atoms with van der Waals surface area (Å²) in [6.07, 6.45) is 3.49. The van der Waals surface area contributed by atoms with E-state index in [1.54, 1.807) is 6.92 Å². The molecule has 4 rings (SSSR count). The molecule has 1 aromatic carbocycles. The van der Waals surface area contributed by atoms with E-state index in [2.05, 4.69) is 39.2 Å². The van der Waals surface area contributed by atoms with Gasteiger partial charge in [-0.25, -0.2) is 4.68 Å². The van der Waals surface area contributed by atoms with Gasteiger partial charge >= 0.3 is 0 Å². The van der Waals surface area contributed by atoms with Crippen molar-refractivity contribution in [2.45, 2.75) is 39.7 Å². The van der Waals surface area contributed by atoms with Gasteiger partial charge in [-0.3, -0.25) is 4.79 Å². The highest BCUT2D eigenvalue weighted by molar-refractivity contribution is 5.94. The van der Waals surface area contributed by atoms with E-state index in [-0.39, 0.29) is 11.9 Å². The summed E-state index contributed by atoms with van der Waals surface area (Å²) < 4.78 is 7.00. The molecule has 30 heavy (non-hydrogen) atoms. The van der Waals surface area contributed by atoms with Gasteiger partial charge < -0.3 is 14.3 Å². The SMILES string of the molecule is CCN(CC)c1ccc(C(=O)N2CCC(n3cc(-c4nc(C)no4)nn3)CC2)cc1. The Balaban J connectivity index is 1.36. The molecule has 0 atom stereocenters. The van der Waals surface area contributed by atoms with Gasteiger partial charge in [0, 0.05) is 37.4 Å². The number of likely N-dealkylation sites (tertiary alicyclic amines) is 1. The largest absolute Gasteiger partial charge is 0.372 e. The number of rotatable bonds is 6. The number of hydrogen-bond donors (Lipinski definition) is 0. The highest BCUT2D eigenvalue weighted by atomic mass is 16.5. The third kappa shape index (κ3) is 4.05. The van der Waals surface area contributed by atoms with Crippen molar-refractivity contribution in [2.75, 3.05) is 31.1 Å². The van der Waals surface area contributed by atoms with Crippen LogP contribution >= 0.6 is 0 Å². The molecule has 3 aromatic rings. The molecule has 0 spiro atoms. The van der Waals surface area contributed by atoms with Gasteiger partial charge in [0.15, 0.2) is 11.5 Å². The quantitative estimate of drug-likeness (QED) is 0.618. The summed E-state index contributed by atoms with van der Waals surface area (Å²) in [7, 11) is 0. The first-order valence-corrected chi connectivity index (χ1v) is 10.5. The number of amides is 1. The Hall–Kier alpha value is -3.23. The Labute approximate surface area is 175 Å². The summed E-state index contributed by atoms with van der Waals surface area (Å²) >= 11 is 0. The Morgan fingerprint density at radius 1 is 1.17 bits per heavy atom. The molecular weight excluding hydrogens is 382 g/mol. The average molecular weight is 409 g/mol. The zero-order valence-corrected chi connectivity index (χ0v) is 17.7.